The molecule has 1 aliphatic carbocycles. The first-order valence-electron chi connectivity index (χ1n) is 4.34. The van der Waals surface area contributed by atoms with Crippen molar-refractivity contribution in [3.05, 3.63) is 12.2 Å². The van der Waals surface area contributed by atoms with E-state index in [1.54, 1.807) is 19.1 Å². The number of carbonyl (C=O) groups excluding carboxylic acids is 1. The van der Waals surface area contributed by atoms with Crippen LogP contribution in [0.5, 0.6) is 0 Å². The van der Waals surface area contributed by atoms with Crippen LogP contribution < -0.4 is 5.32 Å². The molecular formula is C9H13NO3. The Labute approximate surface area is 76.6 Å². The third-order valence-corrected chi connectivity index (χ3v) is 2.07. The number of carboxylic acids is 1. The average Bonchev–Trinajstić information content (AvgIpc) is 2.52. The van der Waals surface area contributed by atoms with E-state index in [9.17, 15) is 9.59 Å². The number of nitrogens with one attached hydrogen (secondary N) is 1. The molecule has 0 aliphatic heterocycles. The van der Waals surface area contributed by atoms with E-state index in [-0.39, 0.29) is 11.9 Å². The second kappa shape index (κ2) is 4.07. The molecule has 4 nitrogen and oxygen atoms in total. The topological polar surface area (TPSA) is 66.4 Å². The second-order valence-corrected chi connectivity index (χ2v) is 3.09. The zero-order chi connectivity index (χ0) is 9.84. The first kappa shape index (κ1) is 9.77. The summed E-state index contributed by atoms with van der Waals surface area (Å²) >= 11 is 0. The molecule has 1 rings (SSSR count). The van der Waals surface area contributed by atoms with Crippen LogP contribution in [0.1, 0.15) is 19.8 Å². The number of rotatable bonds is 3. The van der Waals surface area contributed by atoms with E-state index >= 15 is 0 Å². The van der Waals surface area contributed by atoms with Crippen LogP contribution in [-0.4, -0.2) is 23.0 Å². The molecule has 0 aromatic heterocycles. The third-order valence-electron chi connectivity index (χ3n) is 2.07. The van der Waals surface area contributed by atoms with Crippen molar-refractivity contribution in [3.8, 4) is 0 Å². The van der Waals surface area contributed by atoms with Gasteiger partial charge in [0.25, 0.3) is 0 Å². The highest BCUT2D eigenvalue weighted by molar-refractivity contribution is 5.77. The summed E-state index contributed by atoms with van der Waals surface area (Å²) in [4.78, 5) is 21.5. The molecule has 4 heteroatoms. The van der Waals surface area contributed by atoms with Gasteiger partial charge in [0.2, 0.25) is 5.91 Å². The van der Waals surface area contributed by atoms with Crippen molar-refractivity contribution >= 4 is 11.9 Å². The molecule has 0 spiro atoms. The minimum atomic E-state index is -0.829. The van der Waals surface area contributed by atoms with Gasteiger partial charge in [-0.15, -0.1) is 0 Å². The lowest BCUT2D eigenvalue weighted by Gasteiger charge is -2.10. The number of hydrogen-bond donors (Lipinski definition) is 2. The normalized spacial score (nSPS) is 25.9. The van der Waals surface area contributed by atoms with E-state index in [4.69, 9.17) is 5.11 Å². The lowest BCUT2D eigenvalue weighted by Crippen LogP contribution is -2.32. The quantitative estimate of drug-likeness (QED) is 0.627. The molecule has 13 heavy (non-hydrogen) atoms. The summed E-state index contributed by atoms with van der Waals surface area (Å²) < 4.78 is 0. The third kappa shape index (κ3) is 2.57. The van der Waals surface area contributed by atoms with Crippen molar-refractivity contribution in [1.29, 1.82) is 0 Å². The highest BCUT2D eigenvalue weighted by Crippen LogP contribution is 2.17. The number of amides is 1. The van der Waals surface area contributed by atoms with Crippen LogP contribution in [0.3, 0.4) is 0 Å². The van der Waals surface area contributed by atoms with Crippen LogP contribution in [0.2, 0.25) is 0 Å². The van der Waals surface area contributed by atoms with Gasteiger partial charge in [-0.1, -0.05) is 19.1 Å². The summed E-state index contributed by atoms with van der Waals surface area (Å²) in [6, 6.07) is -0.103. The Balaban J connectivity index is 2.39. The average molecular weight is 183 g/mol. The van der Waals surface area contributed by atoms with Crippen LogP contribution in [0.4, 0.5) is 0 Å². The van der Waals surface area contributed by atoms with E-state index in [0.29, 0.717) is 12.8 Å². The van der Waals surface area contributed by atoms with E-state index in [1.165, 1.54) is 0 Å². The summed E-state index contributed by atoms with van der Waals surface area (Å²) in [6.07, 6.45) is 4.28. The Morgan fingerprint density at radius 1 is 1.54 bits per heavy atom. The molecule has 0 aromatic carbocycles. The van der Waals surface area contributed by atoms with Crippen LogP contribution in [0, 0.1) is 5.92 Å². The second-order valence-electron chi connectivity index (χ2n) is 3.09. The Kier molecular flexibility index (Phi) is 3.06. The van der Waals surface area contributed by atoms with Crippen molar-refractivity contribution in [3.63, 3.8) is 0 Å². The largest absolute Gasteiger partial charge is 0.481 e. The van der Waals surface area contributed by atoms with Crippen LogP contribution in [0.25, 0.3) is 0 Å². The summed E-state index contributed by atoms with van der Waals surface area (Å²) in [7, 11) is 0. The van der Waals surface area contributed by atoms with E-state index in [2.05, 4.69) is 5.32 Å². The molecule has 0 heterocycles. The Morgan fingerprint density at radius 3 is 2.69 bits per heavy atom. The van der Waals surface area contributed by atoms with Crippen molar-refractivity contribution in [2.45, 2.75) is 25.8 Å². The van der Waals surface area contributed by atoms with Gasteiger partial charge in [0, 0.05) is 12.5 Å². The molecule has 0 bridgehead atoms. The number of hydrogen-bond acceptors (Lipinski definition) is 2. The Morgan fingerprint density at radius 2 is 2.23 bits per heavy atom. The fourth-order valence-electron chi connectivity index (χ4n) is 1.30. The van der Waals surface area contributed by atoms with Crippen molar-refractivity contribution in [1.82, 2.24) is 5.32 Å². The molecular weight excluding hydrogens is 170 g/mol. The molecule has 72 valence electrons. The van der Waals surface area contributed by atoms with E-state index < -0.39 is 11.9 Å². The van der Waals surface area contributed by atoms with Crippen LogP contribution in [-0.2, 0) is 9.59 Å². The molecule has 0 fully saturated rings. The Hall–Kier alpha value is -1.32. The van der Waals surface area contributed by atoms with Gasteiger partial charge in [-0.25, -0.2) is 0 Å². The standard InChI is InChI=1S/C9H13NO3/c1-2-8(11)10-7-4-3-6(5-7)9(12)13/h3-4,6-7H,2,5H2,1H3,(H,10,11)(H,12,13). The molecule has 0 aromatic rings. The molecule has 2 N–H and O–H groups in total. The summed E-state index contributed by atoms with van der Waals surface area (Å²) in [5.41, 5.74) is 0. The molecule has 0 radical (unpaired) electrons. The monoisotopic (exact) mass is 183 g/mol. The zero-order valence-electron chi connectivity index (χ0n) is 7.49. The SMILES string of the molecule is CCC(=O)NC1C=CC(C(=O)O)C1. The van der Waals surface area contributed by atoms with Gasteiger partial charge < -0.3 is 10.4 Å². The van der Waals surface area contributed by atoms with Gasteiger partial charge in [0.05, 0.1) is 5.92 Å². The van der Waals surface area contributed by atoms with Crippen molar-refractivity contribution in [2.24, 2.45) is 5.92 Å². The maximum Gasteiger partial charge on any atom is 0.310 e. The summed E-state index contributed by atoms with van der Waals surface area (Å²) in [6.45, 7) is 1.77. The summed E-state index contributed by atoms with van der Waals surface area (Å²) in [5.74, 6) is -1.31. The van der Waals surface area contributed by atoms with Crippen LogP contribution >= 0.6 is 0 Å². The first-order chi connectivity index (χ1) is 6.13. The lowest BCUT2D eigenvalue weighted by atomic mass is 10.1. The highest BCUT2D eigenvalue weighted by atomic mass is 16.4. The highest BCUT2D eigenvalue weighted by Gasteiger charge is 2.24. The van der Waals surface area contributed by atoms with Gasteiger partial charge in [0.1, 0.15) is 0 Å². The number of carboxylic acid groups (broad SMARTS) is 1. The zero-order valence-corrected chi connectivity index (χ0v) is 7.49. The van der Waals surface area contributed by atoms with Gasteiger partial charge in [-0.2, -0.15) is 0 Å². The van der Waals surface area contributed by atoms with Crippen molar-refractivity contribution in [2.75, 3.05) is 0 Å². The fourth-order valence-corrected chi connectivity index (χ4v) is 1.30. The molecule has 1 amide bonds. The first-order valence-corrected chi connectivity index (χ1v) is 4.34. The maximum atomic E-state index is 11.0. The minimum absolute atomic E-state index is 0.0410. The molecule has 2 unspecified atom stereocenters. The predicted molar refractivity (Wildman–Crippen MR) is 47.1 cm³/mol. The van der Waals surface area contributed by atoms with Crippen LogP contribution in [0.15, 0.2) is 12.2 Å². The van der Waals surface area contributed by atoms with Gasteiger partial charge >= 0.3 is 5.97 Å². The lowest BCUT2D eigenvalue weighted by molar-refractivity contribution is -0.140. The number of aliphatic carboxylic acids is 1. The van der Waals surface area contributed by atoms with E-state index in [1.807, 2.05) is 0 Å². The van der Waals surface area contributed by atoms with Gasteiger partial charge in [-0.3, -0.25) is 9.59 Å². The smallest absolute Gasteiger partial charge is 0.310 e. The fraction of sp³-hybridized carbons (Fsp3) is 0.556. The molecule has 1 aliphatic rings. The molecule has 0 saturated heterocycles. The number of carbonyl (C=O) groups is 2. The maximum absolute atomic E-state index is 11.0. The summed E-state index contributed by atoms with van der Waals surface area (Å²) in [5, 5.41) is 11.4. The van der Waals surface area contributed by atoms with E-state index in [0.717, 1.165) is 0 Å². The molecule has 2 atom stereocenters. The van der Waals surface area contributed by atoms with Gasteiger partial charge in [0.15, 0.2) is 0 Å². The minimum Gasteiger partial charge on any atom is -0.481 e. The molecule has 0 saturated carbocycles. The van der Waals surface area contributed by atoms with Crippen molar-refractivity contribution < 1.29 is 14.7 Å². The Bertz CT molecular complexity index is 247. The predicted octanol–water partition coefficient (Wildman–Crippen LogP) is 0.542. The van der Waals surface area contributed by atoms with Gasteiger partial charge in [-0.05, 0) is 6.42 Å².